The smallest absolute Gasteiger partial charge is 0.341 e. The van der Waals surface area contributed by atoms with E-state index in [0.717, 1.165) is 35.3 Å². The van der Waals surface area contributed by atoms with Gasteiger partial charge in [0.25, 0.3) is 15.9 Å². The maximum atomic E-state index is 13.9. The summed E-state index contributed by atoms with van der Waals surface area (Å²) in [5.74, 6) is -1.46. The molecule has 0 fully saturated rings. The molecule has 2 heterocycles. The molecule has 0 unspecified atom stereocenters. The molecule has 1 aliphatic carbocycles. The van der Waals surface area contributed by atoms with Crippen molar-refractivity contribution in [2.75, 3.05) is 29.9 Å². The number of esters is 2. The minimum Gasteiger partial charge on any atom is -0.495 e. The van der Waals surface area contributed by atoms with Crippen LogP contribution in [0.3, 0.4) is 0 Å². The van der Waals surface area contributed by atoms with Crippen molar-refractivity contribution in [1.29, 1.82) is 0 Å². The summed E-state index contributed by atoms with van der Waals surface area (Å²) < 4.78 is 45.2. The molecular formula is C32H36N2O8S2. The number of rotatable bonds is 9. The van der Waals surface area contributed by atoms with Gasteiger partial charge in [0, 0.05) is 11.4 Å². The second-order valence-electron chi connectivity index (χ2n) is 11.0. The normalized spacial score (nSPS) is 16.7. The van der Waals surface area contributed by atoms with Gasteiger partial charge in [-0.15, -0.1) is 11.3 Å². The lowest BCUT2D eigenvalue weighted by Crippen LogP contribution is -2.35. The van der Waals surface area contributed by atoms with Gasteiger partial charge in [0.2, 0.25) is 0 Å². The third kappa shape index (κ3) is 6.18. The highest BCUT2D eigenvalue weighted by molar-refractivity contribution is 7.93. The number of amides is 1. The summed E-state index contributed by atoms with van der Waals surface area (Å²) >= 11 is 1.34. The lowest BCUT2D eigenvalue weighted by molar-refractivity contribution is -0.123. The van der Waals surface area contributed by atoms with Crippen LogP contribution in [0.2, 0.25) is 0 Å². The lowest BCUT2D eigenvalue weighted by atomic mass is 9.88. The molecule has 0 bridgehead atoms. The number of benzene rings is 2. The Morgan fingerprint density at radius 3 is 2.64 bits per heavy atom. The first-order valence-electron chi connectivity index (χ1n) is 14.7. The highest BCUT2D eigenvalue weighted by Crippen LogP contribution is 2.40. The zero-order valence-electron chi connectivity index (χ0n) is 25.2. The number of fused-ring (bicyclic) bond motifs is 2. The highest BCUT2D eigenvalue weighted by atomic mass is 32.2. The molecule has 2 atom stereocenters. The van der Waals surface area contributed by atoms with Crippen LogP contribution in [0.25, 0.3) is 0 Å². The van der Waals surface area contributed by atoms with E-state index in [4.69, 9.17) is 14.2 Å². The van der Waals surface area contributed by atoms with Crippen molar-refractivity contribution < 1.29 is 37.0 Å². The van der Waals surface area contributed by atoms with Crippen LogP contribution in [0.4, 0.5) is 10.7 Å². The van der Waals surface area contributed by atoms with Gasteiger partial charge < -0.3 is 19.5 Å². The summed E-state index contributed by atoms with van der Waals surface area (Å²) in [7, 11) is -2.75. The molecule has 12 heteroatoms. The average Bonchev–Trinajstić information content (AvgIpc) is 3.37. The number of para-hydroxylation sites is 1. The highest BCUT2D eigenvalue weighted by Gasteiger charge is 2.33. The van der Waals surface area contributed by atoms with Gasteiger partial charge in [0.1, 0.15) is 15.6 Å². The van der Waals surface area contributed by atoms with Crippen molar-refractivity contribution in [2.45, 2.75) is 63.9 Å². The molecular weight excluding hydrogens is 604 g/mol. The Labute approximate surface area is 261 Å². The van der Waals surface area contributed by atoms with E-state index < -0.39 is 34.0 Å². The molecule has 2 aliphatic rings. The predicted octanol–water partition coefficient (Wildman–Crippen LogP) is 5.38. The Morgan fingerprint density at radius 2 is 1.89 bits per heavy atom. The minimum atomic E-state index is -4.10. The van der Waals surface area contributed by atoms with E-state index >= 15 is 0 Å². The van der Waals surface area contributed by atoms with Gasteiger partial charge in [0.05, 0.1) is 30.5 Å². The third-order valence-corrected chi connectivity index (χ3v) is 10.9. The molecule has 234 valence electrons. The van der Waals surface area contributed by atoms with E-state index in [1.807, 2.05) is 12.1 Å². The van der Waals surface area contributed by atoms with Crippen LogP contribution >= 0.6 is 11.3 Å². The molecule has 1 N–H and O–H groups in total. The van der Waals surface area contributed by atoms with Crippen molar-refractivity contribution in [3.8, 4) is 5.75 Å². The second-order valence-corrected chi connectivity index (χ2v) is 13.9. The number of carbonyl (C=O) groups excluding carboxylic acids is 3. The zero-order chi connectivity index (χ0) is 31.6. The Morgan fingerprint density at radius 1 is 1.11 bits per heavy atom. The fraction of sp³-hybridized carbons (Fsp3) is 0.406. The summed E-state index contributed by atoms with van der Waals surface area (Å²) in [6.45, 7) is 5.77. The number of hydrogen-bond acceptors (Lipinski definition) is 9. The van der Waals surface area contributed by atoms with E-state index in [2.05, 4.69) is 12.2 Å². The van der Waals surface area contributed by atoms with Crippen molar-refractivity contribution in [3.63, 3.8) is 0 Å². The molecule has 1 amide bonds. The largest absolute Gasteiger partial charge is 0.495 e. The molecule has 1 aromatic heterocycles. The van der Waals surface area contributed by atoms with Crippen LogP contribution in [0.15, 0.2) is 47.4 Å². The topological polar surface area (TPSA) is 128 Å². The average molecular weight is 641 g/mol. The first-order chi connectivity index (χ1) is 21.0. The fourth-order valence-corrected chi connectivity index (χ4v) is 8.75. The molecule has 0 spiro atoms. The monoisotopic (exact) mass is 640 g/mol. The van der Waals surface area contributed by atoms with E-state index in [1.54, 1.807) is 19.1 Å². The molecule has 10 nitrogen and oxygen atoms in total. The number of thiophene rings is 1. The number of nitrogens with zero attached hydrogens (tertiary/aromatic N) is 1. The molecule has 0 saturated carbocycles. The van der Waals surface area contributed by atoms with Crippen LogP contribution in [-0.2, 0) is 43.6 Å². The first kappa shape index (κ1) is 31.5. The van der Waals surface area contributed by atoms with Gasteiger partial charge in [0.15, 0.2) is 6.10 Å². The number of ether oxygens (including phenoxy) is 3. The summed E-state index contributed by atoms with van der Waals surface area (Å²) in [5, 5.41) is 3.13. The Hall–Kier alpha value is -3.90. The molecule has 5 rings (SSSR count). The van der Waals surface area contributed by atoms with E-state index in [-0.39, 0.29) is 29.4 Å². The number of sulfonamides is 1. The van der Waals surface area contributed by atoms with Gasteiger partial charge in [-0.2, -0.15) is 0 Å². The van der Waals surface area contributed by atoms with E-state index in [9.17, 15) is 22.8 Å². The van der Waals surface area contributed by atoms with Gasteiger partial charge in [-0.25, -0.2) is 18.0 Å². The number of methoxy groups -OCH3 is 1. The predicted molar refractivity (Wildman–Crippen MR) is 167 cm³/mol. The first-order valence-corrected chi connectivity index (χ1v) is 16.9. The SMILES string of the molecule is CCOC(=O)c1c(NC(=O)[C@@H](C)OC(=O)c2ccc(OC)c(S(=O)(=O)N3CCCc4ccccc43)c2)sc2c1CC[C@H](C)C2. The maximum Gasteiger partial charge on any atom is 0.341 e. The van der Waals surface area contributed by atoms with E-state index in [0.29, 0.717) is 35.0 Å². The van der Waals surface area contributed by atoms with Crippen molar-refractivity contribution in [3.05, 3.63) is 69.6 Å². The van der Waals surface area contributed by atoms with Crippen LogP contribution in [0.1, 0.15) is 70.3 Å². The molecule has 0 saturated heterocycles. The van der Waals surface area contributed by atoms with Crippen molar-refractivity contribution >= 4 is 49.9 Å². The quantitative estimate of drug-likeness (QED) is 0.309. The Kier molecular flexibility index (Phi) is 9.31. The molecule has 3 aromatic rings. The van der Waals surface area contributed by atoms with Crippen LogP contribution in [0.5, 0.6) is 5.75 Å². The zero-order valence-corrected chi connectivity index (χ0v) is 26.8. The Balaban J connectivity index is 1.36. The van der Waals surface area contributed by atoms with Gasteiger partial charge in [-0.05, 0) is 87.3 Å². The number of nitrogens with one attached hydrogen (secondary N) is 1. The number of hydrogen-bond donors (Lipinski definition) is 1. The fourth-order valence-electron chi connectivity index (χ4n) is 5.63. The maximum absolute atomic E-state index is 13.9. The molecule has 44 heavy (non-hydrogen) atoms. The summed E-state index contributed by atoms with van der Waals surface area (Å²) in [6.07, 6.45) is 2.62. The number of carbonyl (C=O) groups is 3. The van der Waals surface area contributed by atoms with Crippen LogP contribution < -0.4 is 14.4 Å². The molecule has 2 aromatic carbocycles. The Bertz CT molecular complexity index is 1700. The standard InChI is InChI=1S/C32H36N2O8S2/c1-5-41-32(37)28-23-14-12-19(2)17-26(23)43-30(28)33-29(35)20(3)42-31(36)22-13-15-25(40-4)27(18-22)44(38,39)34-16-8-10-21-9-6-7-11-24(21)34/h6-7,9,11,13,15,18-20H,5,8,10,12,14,16-17H2,1-4H3,(H,33,35)/t19-,20+/m0/s1. The number of anilines is 2. The summed E-state index contributed by atoms with van der Waals surface area (Å²) in [5.41, 5.74) is 2.71. The van der Waals surface area contributed by atoms with Gasteiger partial charge in [-0.1, -0.05) is 25.1 Å². The van der Waals surface area contributed by atoms with Gasteiger partial charge >= 0.3 is 11.9 Å². The van der Waals surface area contributed by atoms with Crippen LogP contribution in [-0.4, -0.2) is 52.6 Å². The minimum absolute atomic E-state index is 0.0536. The summed E-state index contributed by atoms with van der Waals surface area (Å²) in [6, 6.07) is 11.3. The lowest BCUT2D eigenvalue weighted by Gasteiger charge is -2.31. The van der Waals surface area contributed by atoms with E-state index in [1.165, 1.54) is 47.9 Å². The van der Waals surface area contributed by atoms with Gasteiger partial charge in [-0.3, -0.25) is 9.10 Å². The number of aryl methyl sites for hydroxylation is 1. The van der Waals surface area contributed by atoms with Crippen molar-refractivity contribution in [1.82, 2.24) is 0 Å². The summed E-state index contributed by atoms with van der Waals surface area (Å²) in [4.78, 5) is 40.1. The molecule has 1 aliphatic heterocycles. The molecule has 0 radical (unpaired) electrons. The van der Waals surface area contributed by atoms with Crippen molar-refractivity contribution in [2.24, 2.45) is 5.92 Å². The second kappa shape index (κ2) is 13.0. The third-order valence-electron chi connectivity index (χ3n) is 7.92. The van der Waals surface area contributed by atoms with Crippen LogP contribution in [0, 0.1) is 5.92 Å².